The third-order valence-corrected chi connectivity index (χ3v) is 3.07. The molecule has 5 heteroatoms. The minimum atomic E-state index is 0.0516. The average Bonchev–Trinajstić information content (AvgIpc) is 2.97. The Morgan fingerprint density at radius 1 is 1.53 bits per heavy atom. The molecule has 1 N–H and O–H groups in total. The summed E-state index contributed by atoms with van der Waals surface area (Å²) in [7, 11) is 0. The molecule has 1 aliphatic heterocycles. The van der Waals surface area contributed by atoms with Crippen LogP contribution in [0.15, 0.2) is 18.3 Å². The van der Waals surface area contributed by atoms with E-state index < -0.39 is 0 Å². The summed E-state index contributed by atoms with van der Waals surface area (Å²) in [4.78, 5) is 8.90. The van der Waals surface area contributed by atoms with Gasteiger partial charge in [-0.05, 0) is 25.0 Å². The van der Waals surface area contributed by atoms with E-state index in [9.17, 15) is 0 Å². The Kier molecular flexibility index (Phi) is 2.78. The van der Waals surface area contributed by atoms with E-state index in [4.69, 9.17) is 9.84 Å². The minimum Gasteiger partial charge on any atom is -0.395 e. The molecule has 1 saturated heterocycles. The number of aliphatic hydroxyl groups excluding tert-OH is 1. The molecular weight excluding hydrogens is 218 g/mol. The van der Waals surface area contributed by atoms with Gasteiger partial charge in [-0.3, -0.25) is 0 Å². The van der Waals surface area contributed by atoms with Gasteiger partial charge in [0, 0.05) is 19.3 Å². The first-order valence-corrected chi connectivity index (χ1v) is 5.94. The number of nitrogens with zero attached hydrogens (tertiary/aromatic N) is 3. The molecule has 0 bridgehead atoms. The van der Waals surface area contributed by atoms with E-state index >= 15 is 0 Å². The average molecular weight is 233 g/mol. The molecule has 2 aromatic rings. The van der Waals surface area contributed by atoms with Crippen LogP contribution in [0.4, 0.5) is 0 Å². The van der Waals surface area contributed by atoms with Crippen molar-refractivity contribution in [3.05, 3.63) is 24.2 Å². The van der Waals surface area contributed by atoms with Crippen molar-refractivity contribution in [3.8, 4) is 0 Å². The van der Waals surface area contributed by atoms with Gasteiger partial charge < -0.3 is 14.4 Å². The first-order chi connectivity index (χ1) is 8.40. The van der Waals surface area contributed by atoms with Gasteiger partial charge >= 0.3 is 0 Å². The molecule has 0 amide bonds. The van der Waals surface area contributed by atoms with Gasteiger partial charge in [0.15, 0.2) is 5.65 Å². The first kappa shape index (κ1) is 10.7. The lowest BCUT2D eigenvalue weighted by molar-refractivity contribution is 0.101. The topological polar surface area (TPSA) is 60.2 Å². The van der Waals surface area contributed by atoms with E-state index in [1.807, 2.05) is 16.7 Å². The van der Waals surface area contributed by atoms with Gasteiger partial charge in [-0.2, -0.15) is 0 Å². The molecule has 1 aliphatic rings. The van der Waals surface area contributed by atoms with Crippen molar-refractivity contribution in [2.24, 2.45) is 0 Å². The summed E-state index contributed by atoms with van der Waals surface area (Å²) >= 11 is 0. The van der Waals surface area contributed by atoms with E-state index in [0.29, 0.717) is 6.54 Å². The molecule has 1 fully saturated rings. The zero-order chi connectivity index (χ0) is 11.7. The van der Waals surface area contributed by atoms with Crippen LogP contribution in [-0.4, -0.2) is 32.9 Å². The number of aliphatic hydroxyl groups is 1. The summed E-state index contributed by atoms with van der Waals surface area (Å²) in [5.41, 5.74) is 1.69. The van der Waals surface area contributed by atoms with Crippen LogP contribution in [-0.2, 0) is 11.3 Å². The highest BCUT2D eigenvalue weighted by atomic mass is 16.5. The molecular formula is C12H15N3O2. The van der Waals surface area contributed by atoms with E-state index in [1.165, 1.54) is 0 Å². The summed E-state index contributed by atoms with van der Waals surface area (Å²) in [6, 6.07) is 3.81. The van der Waals surface area contributed by atoms with Crippen molar-refractivity contribution in [1.29, 1.82) is 0 Å². The molecule has 0 radical (unpaired) electrons. The number of rotatable bonds is 3. The zero-order valence-corrected chi connectivity index (χ0v) is 9.54. The lowest BCUT2D eigenvalue weighted by Crippen LogP contribution is -2.11. The summed E-state index contributed by atoms with van der Waals surface area (Å²) in [5, 5.41) is 9.15. The zero-order valence-electron chi connectivity index (χ0n) is 9.54. The maximum absolute atomic E-state index is 9.15. The van der Waals surface area contributed by atoms with Crippen LogP contribution in [0, 0.1) is 0 Å². The van der Waals surface area contributed by atoms with E-state index in [0.717, 1.165) is 36.4 Å². The van der Waals surface area contributed by atoms with E-state index in [-0.39, 0.29) is 12.7 Å². The van der Waals surface area contributed by atoms with Crippen LogP contribution >= 0.6 is 0 Å². The number of fused-ring (bicyclic) bond motifs is 1. The Labute approximate surface area is 99.1 Å². The van der Waals surface area contributed by atoms with Gasteiger partial charge in [0.05, 0.1) is 6.61 Å². The lowest BCUT2D eigenvalue weighted by atomic mass is 10.2. The number of aromatic nitrogens is 3. The molecule has 0 spiro atoms. The fourth-order valence-corrected chi connectivity index (χ4v) is 2.32. The van der Waals surface area contributed by atoms with Gasteiger partial charge in [0.2, 0.25) is 0 Å². The van der Waals surface area contributed by atoms with Crippen LogP contribution in [0.5, 0.6) is 0 Å². The predicted molar refractivity (Wildman–Crippen MR) is 62.5 cm³/mol. The number of hydrogen-bond acceptors (Lipinski definition) is 4. The summed E-state index contributed by atoms with van der Waals surface area (Å²) in [5.74, 6) is 0.894. The maximum atomic E-state index is 9.15. The number of pyridine rings is 1. The molecule has 3 rings (SSSR count). The van der Waals surface area contributed by atoms with Crippen molar-refractivity contribution in [1.82, 2.24) is 14.5 Å². The first-order valence-electron chi connectivity index (χ1n) is 5.94. The van der Waals surface area contributed by atoms with Crippen LogP contribution in [0.25, 0.3) is 11.2 Å². The Balaban J connectivity index is 2.11. The summed E-state index contributed by atoms with van der Waals surface area (Å²) in [6.07, 6.45) is 3.86. The molecule has 0 aliphatic carbocycles. The van der Waals surface area contributed by atoms with Crippen molar-refractivity contribution in [2.75, 3.05) is 13.2 Å². The quantitative estimate of drug-likeness (QED) is 0.867. The minimum absolute atomic E-state index is 0.0516. The Morgan fingerprint density at radius 3 is 3.24 bits per heavy atom. The third kappa shape index (κ3) is 1.81. The summed E-state index contributed by atoms with van der Waals surface area (Å²) in [6.45, 7) is 1.39. The normalized spacial score (nSPS) is 20.2. The highest BCUT2D eigenvalue weighted by Crippen LogP contribution is 2.29. The number of hydrogen-bond donors (Lipinski definition) is 1. The SMILES string of the molecule is OCCn1c(C2CCCO2)nc2cccnc21. The summed E-state index contributed by atoms with van der Waals surface area (Å²) < 4.78 is 7.63. The van der Waals surface area contributed by atoms with E-state index in [2.05, 4.69) is 9.97 Å². The molecule has 90 valence electrons. The molecule has 2 aromatic heterocycles. The Bertz CT molecular complexity index is 517. The van der Waals surface area contributed by atoms with E-state index in [1.54, 1.807) is 6.20 Å². The monoisotopic (exact) mass is 233 g/mol. The Hall–Kier alpha value is -1.46. The largest absolute Gasteiger partial charge is 0.395 e. The molecule has 1 unspecified atom stereocenters. The van der Waals surface area contributed by atoms with Crippen molar-refractivity contribution in [2.45, 2.75) is 25.5 Å². The fraction of sp³-hybridized carbons (Fsp3) is 0.500. The molecule has 0 saturated carbocycles. The molecule has 1 atom stereocenters. The second-order valence-corrected chi connectivity index (χ2v) is 4.19. The number of ether oxygens (including phenoxy) is 1. The van der Waals surface area contributed by atoms with Crippen molar-refractivity contribution in [3.63, 3.8) is 0 Å². The second-order valence-electron chi connectivity index (χ2n) is 4.19. The standard InChI is InChI=1S/C12H15N3O2/c16-7-6-15-11-9(3-1-5-13-11)14-12(15)10-4-2-8-17-10/h1,3,5,10,16H,2,4,6-8H2. The Morgan fingerprint density at radius 2 is 2.47 bits per heavy atom. The van der Waals surface area contributed by atoms with Crippen LogP contribution < -0.4 is 0 Å². The molecule has 3 heterocycles. The van der Waals surface area contributed by atoms with Crippen molar-refractivity contribution < 1.29 is 9.84 Å². The molecule has 17 heavy (non-hydrogen) atoms. The van der Waals surface area contributed by atoms with Gasteiger partial charge in [0.25, 0.3) is 0 Å². The molecule has 5 nitrogen and oxygen atoms in total. The second kappa shape index (κ2) is 4.43. The third-order valence-electron chi connectivity index (χ3n) is 3.07. The maximum Gasteiger partial charge on any atom is 0.160 e. The molecule has 0 aromatic carbocycles. The highest BCUT2D eigenvalue weighted by molar-refractivity contribution is 5.71. The van der Waals surface area contributed by atoms with Crippen LogP contribution in [0.1, 0.15) is 24.8 Å². The fourth-order valence-electron chi connectivity index (χ4n) is 2.32. The smallest absolute Gasteiger partial charge is 0.160 e. The highest BCUT2D eigenvalue weighted by Gasteiger charge is 2.24. The van der Waals surface area contributed by atoms with Crippen LogP contribution in [0.3, 0.4) is 0 Å². The van der Waals surface area contributed by atoms with Gasteiger partial charge in [-0.25, -0.2) is 9.97 Å². The van der Waals surface area contributed by atoms with Gasteiger partial charge in [0.1, 0.15) is 17.4 Å². The van der Waals surface area contributed by atoms with Gasteiger partial charge in [-0.1, -0.05) is 0 Å². The van der Waals surface area contributed by atoms with Crippen LogP contribution in [0.2, 0.25) is 0 Å². The predicted octanol–water partition coefficient (Wildman–Crippen LogP) is 1.28. The number of imidazole rings is 1. The van der Waals surface area contributed by atoms with Crippen molar-refractivity contribution >= 4 is 11.2 Å². The lowest BCUT2D eigenvalue weighted by Gasteiger charge is -2.11. The van der Waals surface area contributed by atoms with Gasteiger partial charge in [-0.15, -0.1) is 0 Å².